The van der Waals surface area contributed by atoms with Gasteiger partial charge in [-0.15, -0.1) is 0 Å². The number of fused-ring (bicyclic) bond motifs is 1. The maximum Gasteiger partial charge on any atom is 0.417 e. The summed E-state index contributed by atoms with van der Waals surface area (Å²) in [5.74, 6) is -3.51. The van der Waals surface area contributed by atoms with Crippen LogP contribution in [-0.2, 0) is 12.6 Å². The van der Waals surface area contributed by atoms with Gasteiger partial charge in [0, 0.05) is 12.1 Å². The Morgan fingerprint density at radius 2 is 1.94 bits per heavy atom. The van der Waals surface area contributed by atoms with Crippen LogP contribution in [0.25, 0.3) is 11.3 Å². The number of nitrogens with zero attached hydrogens (tertiary/aromatic N) is 2. The van der Waals surface area contributed by atoms with Crippen molar-refractivity contribution in [2.24, 2.45) is 0 Å². The molecule has 0 atom stereocenters. The molecule has 2 heterocycles. The Morgan fingerprint density at radius 3 is 2.59 bits per heavy atom. The van der Waals surface area contributed by atoms with E-state index >= 15 is 0 Å². The van der Waals surface area contributed by atoms with E-state index in [1.807, 2.05) is 0 Å². The maximum atomic E-state index is 14.9. The Balaban J connectivity index is 1.96. The molecule has 0 saturated carbocycles. The molecule has 2 N–H and O–H groups in total. The van der Waals surface area contributed by atoms with E-state index in [0.717, 1.165) is 36.4 Å². The van der Waals surface area contributed by atoms with E-state index in [2.05, 4.69) is 10.4 Å². The van der Waals surface area contributed by atoms with Crippen LogP contribution in [0.1, 0.15) is 38.4 Å². The summed E-state index contributed by atoms with van der Waals surface area (Å²) < 4.78 is 56.3. The van der Waals surface area contributed by atoms with Crippen molar-refractivity contribution in [3.05, 3.63) is 69.6 Å². The van der Waals surface area contributed by atoms with E-state index in [4.69, 9.17) is 16.7 Å². The number of carbonyl (C=O) groups excluding carboxylic acids is 1. The Bertz CT molecular complexity index is 1250. The van der Waals surface area contributed by atoms with Crippen LogP contribution in [0.4, 0.5) is 23.2 Å². The van der Waals surface area contributed by atoms with Gasteiger partial charge < -0.3 is 10.4 Å². The summed E-state index contributed by atoms with van der Waals surface area (Å²) in [4.78, 5) is 24.4. The van der Waals surface area contributed by atoms with E-state index < -0.39 is 40.0 Å². The molecule has 0 aliphatic carbocycles. The minimum atomic E-state index is -4.87. The third-order valence-corrected chi connectivity index (χ3v) is 5.36. The first kappa shape index (κ1) is 21.8. The van der Waals surface area contributed by atoms with Gasteiger partial charge in [-0.2, -0.15) is 23.0 Å². The first-order valence-electron chi connectivity index (χ1n) is 9.39. The molecule has 0 amide bonds. The first-order valence-corrected chi connectivity index (χ1v) is 9.76. The smallest absolute Gasteiger partial charge is 0.417 e. The van der Waals surface area contributed by atoms with Crippen LogP contribution in [0.2, 0.25) is 5.02 Å². The molecule has 11 heteroatoms. The van der Waals surface area contributed by atoms with Gasteiger partial charge in [-0.3, -0.25) is 4.79 Å². The van der Waals surface area contributed by atoms with Crippen LogP contribution < -0.4 is 5.32 Å². The number of hydrogen-bond donors (Lipinski definition) is 2. The zero-order valence-electron chi connectivity index (χ0n) is 16.1. The minimum absolute atomic E-state index is 0.104. The van der Waals surface area contributed by atoms with Crippen LogP contribution in [0, 0.1) is 5.82 Å². The fourth-order valence-electron chi connectivity index (χ4n) is 3.61. The molecule has 32 heavy (non-hydrogen) atoms. The number of carboxylic acids is 1. The summed E-state index contributed by atoms with van der Waals surface area (Å²) in [5, 5.41) is 15.8. The van der Waals surface area contributed by atoms with E-state index in [1.54, 1.807) is 0 Å². The second-order valence-electron chi connectivity index (χ2n) is 7.08. The molecular weight excluding hydrogens is 454 g/mol. The van der Waals surface area contributed by atoms with Gasteiger partial charge in [0.15, 0.2) is 0 Å². The standard InChI is InChI=1S/C21H14ClF4N3O3/c22-13-4-1-3-12(21(24,25)26)16(13)19(30)29-18(17-15(28-29)5-2-8-27-17)11-7-6-10(20(31)32)9-14(11)23/h1,3-4,6-7,9,27H,2,5,8H2,(H,31,32). The number of hydrogen-bond acceptors (Lipinski definition) is 4. The highest BCUT2D eigenvalue weighted by atomic mass is 35.5. The number of carboxylic acid groups (broad SMARTS) is 1. The van der Waals surface area contributed by atoms with Gasteiger partial charge in [-0.05, 0) is 43.2 Å². The highest BCUT2D eigenvalue weighted by molar-refractivity contribution is 6.34. The van der Waals surface area contributed by atoms with Gasteiger partial charge in [0.2, 0.25) is 0 Å². The number of halogens is 5. The van der Waals surface area contributed by atoms with Crippen LogP contribution in [0.5, 0.6) is 0 Å². The lowest BCUT2D eigenvalue weighted by Crippen LogP contribution is -2.21. The van der Waals surface area contributed by atoms with Crippen molar-refractivity contribution >= 4 is 29.2 Å². The normalized spacial score (nSPS) is 13.4. The van der Waals surface area contributed by atoms with Gasteiger partial charge in [0.25, 0.3) is 5.91 Å². The number of aromatic nitrogens is 2. The van der Waals surface area contributed by atoms with E-state index in [1.165, 1.54) is 0 Å². The number of carbonyl (C=O) groups is 2. The van der Waals surface area contributed by atoms with Crippen LogP contribution in [0.15, 0.2) is 36.4 Å². The molecule has 4 rings (SSSR count). The predicted molar refractivity (Wildman–Crippen MR) is 108 cm³/mol. The Kier molecular flexibility index (Phi) is 5.41. The zero-order valence-corrected chi connectivity index (χ0v) is 16.9. The highest BCUT2D eigenvalue weighted by Gasteiger charge is 2.38. The van der Waals surface area contributed by atoms with Crippen molar-refractivity contribution in [1.82, 2.24) is 9.78 Å². The molecule has 0 spiro atoms. The molecule has 166 valence electrons. The monoisotopic (exact) mass is 467 g/mol. The summed E-state index contributed by atoms with van der Waals surface area (Å²) in [6, 6.07) is 5.99. The molecule has 0 fully saturated rings. The number of aromatic carboxylic acids is 1. The maximum absolute atomic E-state index is 14.9. The molecule has 0 radical (unpaired) electrons. The number of aryl methyl sites for hydroxylation is 1. The van der Waals surface area contributed by atoms with Gasteiger partial charge in [-0.1, -0.05) is 17.7 Å². The Morgan fingerprint density at radius 1 is 1.19 bits per heavy atom. The quantitative estimate of drug-likeness (QED) is 0.523. The average Bonchev–Trinajstić information content (AvgIpc) is 3.11. The summed E-state index contributed by atoms with van der Waals surface area (Å²) >= 11 is 5.98. The molecule has 0 bridgehead atoms. The zero-order chi connectivity index (χ0) is 23.2. The lowest BCUT2D eigenvalue weighted by molar-refractivity contribution is -0.137. The number of rotatable bonds is 3. The summed E-state index contributed by atoms with van der Waals surface area (Å²) in [6.07, 6.45) is -3.80. The van der Waals surface area contributed by atoms with Gasteiger partial charge in [-0.25, -0.2) is 9.18 Å². The largest absolute Gasteiger partial charge is 0.478 e. The van der Waals surface area contributed by atoms with Crippen molar-refractivity contribution in [3.63, 3.8) is 0 Å². The van der Waals surface area contributed by atoms with E-state index in [-0.39, 0.29) is 16.8 Å². The number of nitrogens with one attached hydrogen (secondary N) is 1. The predicted octanol–water partition coefficient (Wildman–Crippen LogP) is 5.11. The topological polar surface area (TPSA) is 84.2 Å². The summed E-state index contributed by atoms with van der Waals surface area (Å²) in [7, 11) is 0. The summed E-state index contributed by atoms with van der Waals surface area (Å²) in [6.45, 7) is 0.481. The van der Waals surface area contributed by atoms with Crippen molar-refractivity contribution in [3.8, 4) is 11.3 Å². The fraction of sp³-hybridized carbons (Fsp3) is 0.190. The third kappa shape index (κ3) is 3.70. The number of anilines is 1. The van der Waals surface area contributed by atoms with Crippen LogP contribution in [-0.4, -0.2) is 33.3 Å². The SMILES string of the molecule is O=C(O)c1ccc(-c2c3c(nn2C(=O)c2c(Cl)cccc2C(F)(F)F)CCCN3)c(F)c1. The lowest BCUT2D eigenvalue weighted by Gasteiger charge is -2.16. The Hall–Kier alpha value is -3.40. The molecule has 1 aliphatic rings. The third-order valence-electron chi connectivity index (χ3n) is 5.05. The van der Waals surface area contributed by atoms with Crippen LogP contribution in [0.3, 0.4) is 0 Å². The van der Waals surface area contributed by atoms with Crippen molar-refractivity contribution in [2.45, 2.75) is 19.0 Å². The number of benzene rings is 2. The number of alkyl halides is 3. The fourth-order valence-corrected chi connectivity index (χ4v) is 3.87. The van der Waals surface area contributed by atoms with E-state index in [0.29, 0.717) is 35.4 Å². The average molecular weight is 468 g/mol. The molecule has 1 aliphatic heterocycles. The highest BCUT2D eigenvalue weighted by Crippen LogP contribution is 2.39. The molecule has 0 unspecified atom stereocenters. The molecule has 6 nitrogen and oxygen atoms in total. The van der Waals surface area contributed by atoms with Crippen molar-refractivity contribution in [2.75, 3.05) is 11.9 Å². The van der Waals surface area contributed by atoms with Crippen LogP contribution >= 0.6 is 11.6 Å². The van der Waals surface area contributed by atoms with E-state index in [9.17, 15) is 27.2 Å². The first-order chi connectivity index (χ1) is 15.1. The lowest BCUT2D eigenvalue weighted by atomic mass is 10.0. The molecule has 3 aromatic rings. The molecule has 2 aromatic carbocycles. The van der Waals surface area contributed by atoms with Gasteiger partial charge in [0.1, 0.15) is 11.5 Å². The summed E-state index contributed by atoms with van der Waals surface area (Å²) in [5.41, 5.74) is -2.00. The van der Waals surface area contributed by atoms with Crippen molar-refractivity contribution in [1.29, 1.82) is 0 Å². The van der Waals surface area contributed by atoms with Gasteiger partial charge >= 0.3 is 12.1 Å². The molecule has 0 saturated heterocycles. The second-order valence-corrected chi connectivity index (χ2v) is 7.48. The molecular formula is C21H14ClF4N3O3. The van der Waals surface area contributed by atoms with Gasteiger partial charge in [0.05, 0.1) is 33.1 Å². The molecule has 1 aromatic heterocycles. The minimum Gasteiger partial charge on any atom is -0.478 e. The van der Waals surface area contributed by atoms with Crippen molar-refractivity contribution < 1.29 is 32.3 Å². The second kappa shape index (κ2) is 7.94. The Labute approximate surface area is 183 Å².